The Morgan fingerprint density at radius 1 is 0.682 bits per heavy atom. The molecule has 0 aliphatic rings. The van der Waals surface area contributed by atoms with Gasteiger partial charge in [0.1, 0.15) is 11.3 Å². The first-order chi connectivity index (χ1) is 10.8. The van der Waals surface area contributed by atoms with Crippen molar-refractivity contribution in [1.29, 1.82) is 0 Å². The number of rotatable bonds is 2. The second-order valence-corrected chi connectivity index (χ2v) is 5.54. The molecular weight excluding hydrogens is 268 g/mol. The zero-order valence-electron chi connectivity index (χ0n) is 12.4. The van der Waals surface area contributed by atoms with Crippen molar-refractivity contribution in [2.45, 2.75) is 6.92 Å². The van der Waals surface area contributed by atoms with E-state index in [2.05, 4.69) is 61.5 Å². The second-order valence-electron chi connectivity index (χ2n) is 5.54. The zero-order chi connectivity index (χ0) is 14.9. The third-order valence-electron chi connectivity index (χ3n) is 3.94. The monoisotopic (exact) mass is 284 g/mol. The highest BCUT2D eigenvalue weighted by molar-refractivity contribution is 6.01. The predicted molar refractivity (Wildman–Crippen MR) is 91.8 cm³/mol. The lowest BCUT2D eigenvalue weighted by molar-refractivity contribution is 0.632. The van der Waals surface area contributed by atoms with Crippen LogP contribution >= 0.6 is 0 Å². The molecule has 0 aliphatic heterocycles. The van der Waals surface area contributed by atoms with E-state index in [0.717, 1.165) is 22.3 Å². The van der Waals surface area contributed by atoms with Crippen LogP contribution in [-0.2, 0) is 0 Å². The van der Waals surface area contributed by atoms with Crippen molar-refractivity contribution in [3.05, 3.63) is 84.4 Å². The molecule has 4 rings (SSSR count). The van der Waals surface area contributed by atoms with Gasteiger partial charge < -0.3 is 4.42 Å². The summed E-state index contributed by atoms with van der Waals surface area (Å²) in [5, 5.41) is 1.16. The van der Waals surface area contributed by atoms with E-state index in [1.54, 1.807) is 0 Å². The maximum Gasteiger partial charge on any atom is 0.143 e. The molecule has 0 radical (unpaired) electrons. The van der Waals surface area contributed by atoms with Crippen LogP contribution in [0, 0.1) is 6.92 Å². The summed E-state index contributed by atoms with van der Waals surface area (Å²) in [6.07, 6.45) is 0. The highest BCUT2D eigenvalue weighted by atomic mass is 16.3. The number of furan rings is 1. The zero-order valence-corrected chi connectivity index (χ0v) is 12.4. The lowest BCUT2D eigenvalue weighted by atomic mass is 9.98. The summed E-state index contributed by atoms with van der Waals surface area (Å²) in [5.41, 5.74) is 5.61. The summed E-state index contributed by atoms with van der Waals surface area (Å²) in [5.74, 6) is 0.937. The molecule has 0 bridgehead atoms. The van der Waals surface area contributed by atoms with Crippen LogP contribution in [0.3, 0.4) is 0 Å². The Balaban J connectivity index is 2.07. The molecule has 0 atom stereocenters. The fourth-order valence-corrected chi connectivity index (χ4v) is 2.89. The summed E-state index contributed by atoms with van der Waals surface area (Å²) in [4.78, 5) is 0. The van der Waals surface area contributed by atoms with Crippen LogP contribution < -0.4 is 0 Å². The minimum Gasteiger partial charge on any atom is -0.455 e. The van der Waals surface area contributed by atoms with Crippen LogP contribution in [0.4, 0.5) is 0 Å². The maximum absolute atomic E-state index is 6.22. The van der Waals surface area contributed by atoms with Crippen molar-refractivity contribution < 1.29 is 4.42 Å². The Kier molecular flexibility index (Phi) is 3.05. The molecule has 1 nitrogen and oxygen atoms in total. The van der Waals surface area contributed by atoms with Gasteiger partial charge in [-0.25, -0.2) is 0 Å². The van der Waals surface area contributed by atoms with Gasteiger partial charge in [0.15, 0.2) is 0 Å². The quantitative estimate of drug-likeness (QED) is 0.435. The minimum absolute atomic E-state index is 0.937. The molecule has 0 saturated carbocycles. The predicted octanol–water partition coefficient (Wildman–Crippen LogP) is 6.08. The van der Waals surface area contributed by atoms with E-state index in [9.17, 15) is 0 Å². The van der Waals surface area contributed by atoms with Crippen LogP contribution in [0.5, 0.6) is 0 Å². The number of aryl methyl sites for hydroxylation is 1. The summed E-state index contributed by atoms with van der Waals surface area (Å²) < 4.78 is 6.22. The molecule has 1 heteroatoms. The van der Waals surface area contributed by atoms with E-state index in [1.165, 1.54) is 16.7 Å². The Morgan fingerprint density at radius 3 is 2.00 bits per heavy atom. The van der Waals surface area contributed by atoms with E-state index in [0.29, 0.717) is 0 Å². The molecule has 0 fully saturated rings. The van der Waals surface area contributed by atoms with Crippen molar-refractivity contribution in [2.24, 2.45) is 0 Å². The van der Waals surface area contributed by atoms with Crippen LogP contribution in [0.15, 0.2) is 83.3 Å². The second kappa shape index (κ2) is 5.19. The normalized spacial score (nSPS) is 11.0. The highest BCUT2D eigenvalue weighted by Gasteiger charge is 2.17. The molecule has 22 heavy (non-hydrogen) atoms. The molecule has 0 aliphatic carbocycles. The van der Waals surface area contributed by atoms with Gasteiger partial charge in [-0.3, -0.25) is 0 Å². The molecule has 106 valence electrons. The molecular formula is C21H16O. The fourth-order valence-electron chi connectivity index (χ4n) is 2.89. The SMILES string of the molecule is Cc1ccc2c(-c3ccccc3)c(-c3ccccc3)oc2c1. The first kappa shape index (κ1) is 12.9. The van der Waals surface area contributed by atoms with Crippen molar-refractivity contribution in [1.82, 2.24) is 0 Å². The van der Waals surface area contributed by atoms with Gasteiger partial charge >= 0.3 is 0 Å². The minimum atomic E-state index is 0.937. The Hall–Kier alpha value is -2.80. The van der Waals surface area contributed by atoms with Crippen LogP contribution in [0.2, 0.25) is 0 Å². The van der Waals surface area contributed by atoms with Gasteiger partial charge in [-0.15, -0.1) is 0 Å². The molecule has 0 spiro atoms. The average Bonchev–Trinajstić information content (AvgIpc) is 2.95. The first-order valence-electron chi connectivity index (χ1n) is 7.47. The Morgan fingerprint density at radius 2 is 1.32 bits per heavy atom. The smallest absolute Gasteiger partial charge is 0.143 e. The first-order valence-corrected chi connectivity index (χ1v) is 7.47. The summed E-state index contributed by atoms with van der Waals surface area (Å²) >= 11 is 0. The fraction of sp³-hybridized carbons (Fsp3) is 0.0476. The third-order valence-corrected chi connectivity index (χ3v) is 3.94. The van der Waals surface area contributed by atoms with Gasteiger partial charge in [0.05, 0.1) is 0 Å². The van der Waals surface area contributed by atoms with E-state index >= 15 is 0 Å². The molecule has 0 unspecified atom stereocenters. The van der Waals surface area contributed by atoms with Crippen LogP contribution in [0.1, 0.15) is 5.56 Å². The number of hydrogen-bond donors (Lipinski definition) is 0. The molecule has 0 saturated heterocycles. The number of fused-ring (bicyclic) bond motifs is 1. The number of hydrogen-bond acceptors (Lipinski definition) is 1. The van der Waals surface area contributed by atoms with E-state index in [4.69, 9.17) is 4.42 Å². The van der Waals surface area contributed by atoms with E-state index in [1.807, 2.05) is 24.3 Å². The number of benzene rings is 3. The van der Waals surface area contributed by atoms with Crippen molar-refractivity contribution in [3.8, 4) is 22.5 Å². The summed E-state index contributed by atoms with van der Waals surface area (Å²) in [6.45, 7) is 2.09. The van der Waals surface area contributed by atoms with Gasteiger partial charge in [-0.2, -0.15) is 0 Å². The van der Waals surface area contributed by atoms with Crippen molar-refractivity contribution in [2.75, 3.05) is 0 Å². The third kappa shape index (κ3) is 2.11. The lowest BCUT2D eigenvalue weighted by Gasteiger charge is -2.03. The topological polar surface area (TPSA) is 13.1 Å². The summed E-state index contributed by atoms with van der Waals surface area (Å²) in [6, 6.07) is 27.1. The Labute approximate surface area is 129 Å². The van der Waals surface area contributed by atoms with Crippen molar-refractivity contribution >= 4 is 11.0 Å². The van der Waals surface area contributed by atoms with Gasteiger partial charge in [-0.05, 0) is 24.1 Å². The summed E-state index contributed by atoms with van der Waals surface area (Å²) in [7, 11) is 0. The van der Waals surface area contributed by atoms with Gasteiger partial charge in [0.25, 0.3) is 0 Å². The largest absolute Gasteiger partial charge is 0.455 e. The molecule has 1 aromatic heterocycles. The average molecular weight is 284 g/mol. The highest BCUT2D eigenvalue weighted by Crippen LogP contribution is 2.40. The van der Waals surface area contributed by atoms with Gasteiger partial charge in [0, 0.05) is 16.5 Å². The maximum atomic E-state index is 6.22. The van der Waals surface area contributed by atoms with E-state index < -0.39 is 0 Å². The molecule has 1 heterocycles. The molecule has 0 amide bonds. The molecule has 0 N–H and O–H groups in total. The molecule has 3 aromatic carbocycles. The van der Waals surface area contributed by atoms with Crippen molar-refractivity contribution in [3.63, 3.8) is 0 Å². The molecule has 4 aromatic rings. The van der Waals surface area contributed by atoms with E-state index in [-0.39, 0.29) is 0 Å². The van der Waals surface area contributed by atoms with Gasteiger partial charge in [-0.1, -0.05) is 72.8 Å². The Bertz CT molecular complexity index is 918. The standard InChI is InChI=1S/C21H16O/c1-15-12-13-18-19(14-15)22-21(17-10-6-3-7-11-17)20(18)16-8-4-2-5-9-16/h2-14H,1H3. The van der Waals surface area contributed by atoms with Crippen LogP contribution in [-0.4, -0.2) is 0 Å². The van der Waals surface area contributed by atoms with Crippen LogP contribution in [0.25, 0.3) is 33.4 Å². The lowest BCUT2D eigenvalue weighted by Crippen LogP contribution is -1.80. The van der Waals surface area contributed by atoms with Gasteiger partial charge in [0.2, 0.25) is 0 Å².